The van der Waals surface area contributed by atoms with Crippen molar-refractivity contribution in [3.8, 4) is 0 Å². The second-order valence-corrected chi connectivity index (χ2v) is 5.32. The number of aryl methyl sites for hydroxylation is 1. The fraction of sp³-hybridized carbons (Fsp3) is 0.562. The molecule has 0 saturated carbocycles. The van der Waals surface area contributed by atoms with Gasteiger partial charge in [-0.3, -0.25) is 10.6 Å². The number of unbranched alkanes of at least 4 members (excludes halogenated alkanes) is 1. The number of nitrogens with two attached hydrogens (primary N) is 1. The Kier molecular flexibility index (Phi) is 7.09. The number of carbonyl (C=O) groups is 1. The molecule has 1 atom stereocenters. The number of nitrogen functional groups attached to an aromatic ring is 1. The molecule has 0 radical (unpaired) electrons. The molecule has 112 valence electrons. The second kappa shape index (κ2) is 8.59. The molecule has 0 bridgehead atoms. The number of benzene rings is 1. The van der Waals surface area contributed by atoms with Crippen LogP contribution in [-0.2, 0) is 0 Å². The lowest BCUT2D eigenvalue weighted by atomic mass is 9.99. The molecule has 0 aliphatic carbocycles. The molecule has 4 nitrogen and oxygen atoms in total. The summed E-state index contributed by atoms with van der Waals surface area (Å²) in [5.41, 5.74) is 4.94. The number of hydrazine groups is 1. The first-order valence-corrected chi connectivity index (χ1v) is 7.47. The van der Waals surface area contributed by atoms with E-state index in [1.165, 1.54) is 19.3 Å². The van der Waals surface area contributed by atoms with Crippen molar-refractivity contribution in [2.75, 3.05) is 12.0 Å². The van der Waals surface area contributed by atoms with E-state index in [0.29, 0.717) is 17.2 Å². The Morgan fingerprint density at radius 1 is 1.35 bits per heavy atom. The van der Waals surface area contributed by atoms with E-state index in [1.807, 2.05) is 25.1 Å². The largest absolute Gasteiger partial charge is 0.352 e. The lowest BCUT2D eigenvalue weighted by molar-refractivity contribution is 0.0946. The maximum atomic E-state index is 12.2. The van der Waals surface area contributed by atoms with Crippen LogP contribution in [0.15, 0.2) is 18.2 Å². The predicted octanol–water partition coefficient (Wildman–Crippen LogP) is 3.23. The zero-order valence-electron chi connectivity index (χ0n) is 12.8. The fourth-order valence-electron chi connectivity index (χ4n) is 2.25. The average molecular weight is 277 g/mol. The number of nitrogens with one attached hydrogen (secondary N) is 2. The summed E-state index contributed by atoms with van der Waals surface area (Å²) in [6.45, 7) is 7.07. The van der Waals surface area contributed by atoms with Crippen LogP contribution in [0.2, 0.25) is 0 Å². The van der Waals surface area contributed by atoms with Crippen LogP contribution < -0.4 is 16.6 Å². The maximum absolute atomic E-state index is 12.2. The van der Waals surface area contributed by atoms with E-state index in [0.717, 1.165) is 18.5 Å². The average Bonchev–Trinajstić information content (AvgIpc) is 2.47. The normalized spacial score (nSPS) is 12.0. The molecular weight excluding hydrogens is 250 g/mol. The van der Waals surface area contributed by atoms with Gasteiger partial charge in [-0.25, -0.2) is 0 Å². The van der Waals surface area contributed by atoms with Crippen molar-refractivity contribution in [3.05, 3.63) is 29.3 Å². The number of carbonyl (C=O) groups excluding carboxylic acids is 1. The smallest absolute Gasteiger partial charge is 0.253 e. The maximum Gasteiger partial charge on any atom is 0.253 e. The SMILES string of the molecule is CCCCC(CC)CNC(=O)c1ccc(C)cc1NN. The topological polar surface area (TPSA) is 67.2 Å². The van der Waals surface area contributed by atoms with Crippen LogP contribution in [0.3, 0.4) is 0 Å². The molecule has 1 rings (SSSR count). The lowest BCUT2D eigenvalue weighted by Gasteiger charge is -2.16. The van der Waals surface area contributed by atoms with Crippen molar-refractivity contribution >= 4 is 11.6 Å². The van der Waals surface area contributed by atoms with Crippen LogP contribution in [-0.4, -0.2) is 12.5 Å². The highest BCUT2D eigenvalue weighted by Gasteiger charge is 2.13. The van der Waals surface area contributed by atoms with E-state index < -0.39 is 0 Å². The van der Waals surface area contributed by atoms with Crippen LogP contribution >= 0.6 is 0 Å². The van der Waals surface area contributed by atoms with Gasteiger partial charge in [0, 0.05) is 6.54 Å². The second-order valence-electron chi connectivity index (χ2n) is 5.32. The van der Waals surface area contributed by atoms with Crippen LogP contribution in [0, 0.1) is 12.8 Å². The van der Waals surface area contributed by atoms with Gasteiger partial charge in [-0.2, -0.15) is 0 Å². The highest BCUT2D eigenvalue weighted by atomic mass is 16.1. The Morgan fingerprint density at radius 2 is 2.10 bits per heavy atom. The standard InChI is InChI=1S/C16H27N3O/c1-4-6-7-13(5-2)11-18-16(20)14-9-8-12(3)10-15(14)19-17/h8-10,13,19H,4-7,11,17H2,1-3H3,(H,18,20). The number of hydrogen-bond donors (Lipinski definition) is 3. The van der Waals surface area contributed by atoms with Crippen molar-refractivity contribution in [2.24, 2.45) is 11.8 Å². The molecule has 0 aromatic heterocycles. The summed E-state index contributed by atoms with van der Waals surface area (Å²) >= 11 is 0. The Labute approximate surface area is 122 Å². The van der Waals surface area contributed by atoms with Gasteiger partial charge >= 0.3 is 0 Å². The number of hydrogen-bond acceptors (Lipinski definition) is 3. The molecule has 0 aliphatic rings. The Morgan fingerprint density at radius 3 is 2.70 bits per heavy atom. The molecular formula is C16H27N3O. The first-order valence-electron chi connectivity index (χ1n) is 7.47. The van der Waals surface area contributed by atoms with E-state index in [9.17, 15) is 4.79 Å². The minimum atomic E-state index is -0.0621. The van der Waals surface area contributed by atoms with Gasteiger partial charge in [0.2, 0.25) is 0 Å². The molecule has 0 heterocycles. The molecule has 0 aliphatic heterocycles. The summed E-state index contributed by atoms with van der Waals surface area (Å²) in [5, 5.41) is 3.02. The Bertz CT molecular complexity index is 432. The molecule has 0 saturated heterocycles. The van der Waals surface area contributed by atoms with Gasteiger partial charge in [0.1, 0.15) is 0 Å². The number of rotatable bonds is 8. The molecule has 4 N–H and O–H groups in total. The Hall–Kier alpha value is -1.55. The van der Waals surface area contributed by atoms with Gasteiger partial charge in [0.05, 0.1) is 11.3 Å². The summed E-state index contributed by atoms with van der Waals surface area (Å²) in [7, 11) is 0. The predicted molar refractivity (Wildman–Crippen MR) is 84.6 cm³/mol. The van der Waals surface area contributed by atoms with Gasteiger partial charge < -0.3 is 10.7 Å². The van der Waals surface area contributed by atoms with Crippen LogP contribution in [0.5, 0.6) is 0 Å². The molecule has 1 amide bonds. The quantitative estimate of drug-likeness (QED) is 0.505. The van der Waals surface area contributed by atoms with Crippen molar-refractivity contribution in [1.29, 1.82) is 0 Å². The molecule has 1 unspecified atom stereocenters. The molecule has 20 heavy (non-hydrogen) atoms. The third kappa shape index (κ3) is 4.85. The molecule has 1 aromatic rings. The first-order chi connectivity index (χ1) is 9.62. The van der Waals surface area contributed by atoms with Gasteiger partial charge in [-0.05, 0) is 37.0 Å². The molecule has 1 aromatic carbocycles. The summed E-state index contributed by atoms with van der Waals surface area (Å²) < 4.78 is 0. The minimum Gasteiger partial charge on any atom is -0.352 e. The molecule has 4 heteroatoms. The van der Waals surface area contributed by atoms with E-state index >= 15 is 0 Å². The summed E-state index contributed by atoms with van der Waals surface area (Å²) in [4.78, 5) is 12.2. The zero-order chi connectivity index (χ0) is 15.0. The molecule has 0 fully saturated rings. The Balaban J connectivity index is 2.62. The fourth-order valence-corrected chi connectivity index (χ4v) is 2.25. The van der Waals surface area contributed by atoms with E-state index in [4.69, 9.17) is 5.84 Å². The first kappa shape index (κ1) is 16.5. The monoisotopic (exact) mass is 277 g/mol. The van der Waals surface area contributed by atoms with Gasteiger partial charge in [0.25, 0.3) is 5.91 Å². The third-order valence-electron chi connectivity index (χ3n) is 3.67. The summed E-state index contributed by atoms with van der Waals surface area (Å²) in [6.07, 6.45) is 4.68. The minimum absolute atomic E-state index is 0.0621. The highest BCUT2D eigenvalue weighted by Crippen LogP contribution is 2.17. The van der Waals surface area contributed by atoms with Gasteiger partial charge in [-0.15, -0.1) is 0 Å². The van der Waals surface area contributed by atoms with Crippen LogP contribution in [0.25, 0.3) is 0 Å². The zero-order valence-corrected chi connectivity index (χ0v) is 12.8. The van der Waals surface area contributed by atoms with E-state index in [2.05, 4.69) is 24.6 Å². The van der Waals surface area contributed by atoms with Gasteiger partial charge in [-0.1, -0.05) is 39.2 Å². The highest BCUT2D eigenvalue weighted by molar-refractivity contribution is 5.99. The lowest BCUT2D eigenvalue weighted by Crippen LogP contribution is -2.30. The van der Waals surface area contributed by atoms with Crippen LogP contribution in [0.4, 0.5) is 5.69 Å². The third-order valence-corrected chi connectivity index (χ3v) is 3.67. The van der Waals surface area contributed by atoms with Crippen molar-refractivity contribution in [3.63, 3.8) is 0 Å². The van der Waals surface area contributed by atoms with Crippen molar-refractivity contribution in [1.82, 2.24) is 5.32 Å². The number of anilines is 1. The van der Waals surface area contributed by atoms with Crippen molar-refractivity contribution < 1.29 is 4.79 Å². The summed E-state index contributed by atoms with van der Waals surface area (Å²) in [5.74, 6) is 5.97. The van der Waals surface area contributed by atoms with Crippen LogP contribution in [0.1, 0.15) is 55.5 Å². The van der Waals surface area contributed by atoms with Crippen molar-refractivity contribution in [2.45, 2.75) is 46.5 Å². The number of amides is 1. The van der Waals surface area contributed by atoms with E-state index in [-0.39, 0.29) is 5.91 Å². The molecule has 0 spiro atoms. The summed E-state index contributed by atoms with van der Waals surface area (Å²) in [6, 6.07) is 5.61. The van der Waals surface area contributed by atoms with Gasteiger partial charge in [0.15, 0.2) is 0 Å². The van der Waals surface area contributed by atoms with E-state index in [1.54, 1.807) is 0 Å².